The molecule has 0 aliphatic carbocycles. The van der Waals surface area contributed by atoms with Crippen LogP contribution in [0.2, 0.25) is 0 Å². The van der Waals surface area contributed by atoms with Crippen molar-refractivity contribution in [2.75, 3.05) is 26.9 Å². The van der Waals surface area contributed by atoms with Gasteiger partial charge in [0, 0.05) is 45.1 Å². The van der Waals surface area contributed by atoms with Crippen LogP contribution < -0.4 is 5.73 Å². The number of aryl methyl sites for hydroxylation is 1. The van der Waals surface area contributed by atoms with Crippen molar-refractivity contribution in [3.05, 3.63) is 18.2 Å². The highest BCUT2D eigenvalue weighted by Crippen LogP contribution is 2.02. The summed E-state index contributed by atoms with van der Waals surface area (Å²) in [4.78, 5) is 4.31. The third-order valence-corrected chi connectivity index (χ3v) is 2.43. The van der Waals surface area contributed by atoms with E-state index in [1.165, 1.54) is 0 Å². The molecule has 0 saturated carbocycles. The molecular formula is C12H23N3O2. The molecule has 1 rings (SSSR count). The summed E-state index contributed by atoms with van der Waals surface area (Å²) in [5.74, 6) is 1.05. The molecule has 98 valence electrons. The van der Waals surface area contributed by atoms with E-state index in [0.717, 1.165) is 31.8 Å². The molecule has 1 aromatic heterocycles. The van der Waals surface area contributed by atoms with Crippen LogP contribution in [0, 0.1) is 0 Å². The average Bonchev–Trinajstić information content (AvgIpc) is 2.70. The van der Waals surface area contributed by atoms with E-state index in [1.807, 2.05) is 19.3 Å². The van der Waals surface area contributed by atoms with Gasteiger partial charge in [0.15, 0.2) is 0 Å². The first-order valence-corrected chi connectivity index (χ1v) is 6.06. The van der Waals surface area contributed by atoms with Crippen molar-refractivity contribution in [3.63, 3.8) is 0 Å². The molecule has 0 fully saturated rings. The molecule has 1 heterocycles. The van der Waals surface area contributed by atoms with Crippen LogP contribution in [0.4, 0.5) is 0 Å². The van der Waals surface area contributed by atoms with Gasteiger partial charge in [-0.15, -0.1) is 0 Å². The average molecular weight is 241 g/mol. The Labute approximate surface area is 103 Å². The Bertz CT molecular complexity index is 300. The summed E-state index contributed by atoms with van der Waals surface area (Å²) >= 11 is 0. The fourth-order valence-electron chi connectivity index (χ4n) is 1.60. The van der Waals surface area contributed by atoms with Crippen LogP contribution in [0.3, 0.4) is 0 Å². The van der Waals surface area contributed by atoms with Crippen LogP contribution in [-0.2, 0) is 22.4 Å². The standard InChI is InChI=1S/C12H23N3O2/c1-11(13)10-12-14-4-6-15(12)5-3-7-17-9-8-16-2/h4,6,11H,3,5,7-10,13H2,1-2H3. The van der Waals surface area contributed by atoms with Crippen molar-refractivity contribution in [1.29, 1.82) is 0 Å². The van der Waals surface area contributed by atoms with Crippen molar-refractivity contribution < 1.29 is 9.47 Å². The second-order valence-electron chi connectivity index (χ2n) is 4.18. The fourth-order valence-corrected chi connectivity index (χ4v) is 1.60. The van der Waals surface area contributed by atoms with Gasteiger partial charge in [-0.3, -0.25) is 0 Å². The van der Waals surface area contributed by atoms with E-state index in [2.05, 4.69) is 9.55 Å². The number of imidazole rings is 1. The van der Waals surface area contributed by atoms with Crippen LogP contribution >= 0.6 is 0 Å². The number of ether oxygens (including phenoxy) is 2. The number of nitrogens with zero attached hydrogens (tertiary/aromatic N) is 2. The van der Waals surface area contributed by atoms with Crippen LogP contribution in [0.1, 0.15) is 19.2 Å². The zero-order valence-corrected chi connectivity index (χ0v) is 10.8. The van der Waals surface area contributed by atoms with Gasteiger partial charge in [0.25, 0.3) is 0 Å². The van der Waals surface area contributed by atoms with Crippen molar-refractivity contribution in [2.45, 2.75) is 32.4 Å². The molecule has 0 saturated heterocycles. The maximum Gasteiger partial charge on any atom is 0.110 e. The molecule has 0 spiro atoms. The Balaban J connectivity index is 2.20. The normalized spacial score (nSPS) is 12.9. The maximum atomic E-state index is 5.77. The number of rotatable bonds is 9. The molecule has 0 aliphatic heterocycles. The fraction of sp³-hybridized carbons (Fsp3) is 0.750. The minimum atomic E-state index is 0.147. The Hall–Kier alpha value is -0.910. The zero-order valence-electron chi connectivity index (χ0n) is 10.8. The van der Waals surface area contributed by atoms with Gasteiger partial charge in [-0.1, -0.05) is 0 Å². The van der Waals surface area contributed by atoms with Crippen LogP contribution in [0.15, 0.2) is 12.4 Å². The van der Waals surface area contributed by atoms with Gasteiger partial charge in [0.1, 0.15) is 5.82 Å². The summed E-state index contributed by atoms with van der Waals surface area (Å²) in [6.45, 7) is 4.98. The SMILES string of the molecule is COCCOCCCn1ccnc1CC(C)N. The largest absolute Gasteiger partial charge is 0.382 e. The van der Waals surface area contributed by atoms with Crippen molar-refractivity contribution in [2.24, 2.45) is 5.73 Å². The topological polar surface area (TPSA) is 62.3 Å². The molecule has 5 nitrogen and oxygen atoms in total. The number of methoxy groups -OCH3 is 1. The first kappa shape index (κ1) is 14.2. The second kappa shape index (κ2) is 8.22. The quantitative estimate of drug-likeness (QED) is 0.650. The van der Waals surface area contributed by atoms with Gasteiger partial charge in [-0.2, -0.15) is 0 Å². The predicted octanol–water partition coefficient (Wildman–Crippen LogP) is 0.826. The van der Waals surface area contributed by atoms with E-state index in [1.54, 1.807) is 7.11 Å². The molecule has 0 amide bonds. The molecule has 0 aromatic carbocycles. The molecule has 5 heteroatoms. The van der Waals surface area contributed by atoms with E-state index in [9.17, 15) is 0 Å². The van der Waals surface area contributed by atoms with Gasteiger partial charge in [0.05, 0.1) is 13.2 Å². The molecule has 0 radical (unpaired) electrons. The van der Waals surface area contributed by atoms with Crippen molar-refractivity contribution in [3.8, 4) is 0 Å². The summed E-state index contributed by atoms with van der Waals surface area (Å²) in [6, 6.07) is 0.147. The highest BCUT2D eigenvalue weighted by atomic mass is 16.5. The van der Waals surface area contributed by atoms with Crippen LogP contribution in [0.5, 0.6) is 0 Å². The zero-order chi connectivity index (χ0) is 12.5. The Kier molecular flexibility index (Phi) is 6.84. The lowest BCUT2D eigenvalue weighted by Crippen LogP contribution is -2.20. The number of aromatic nitrogens is 2. The Morgan fingerprint density at radius 1 is 1.41 bits per heavy atom. The van der Waals surface area contributed by atoms with Gasteiger partial charge in [0.2, 0.25) is 0 Å². The van der Waals surface area contributed by atoms with E-state index in [4.69, 9.17) is 15.2 Å². The molecule has 2 N–H and O–H groups in total. The van der Waals surface area contributed by atoms with Gasteiger partial charge in [-0.25, -0.2) is 4.98 Å². The van der Waals surface area contributed by atoms with E-state index >= 15 is 0 Å². The molecular weight excluding hydrogens is 218 g/mol. The highest BCUT2D eigenvalue weighted by molar-refractivity contribution is 4.94. The third-order valence-electron chi connectivity index (χ3n) is 2.43. The van der Waals surface area contributed by atoms with E-state index in [-0.39, 0.29) is 6.04 Å². The van der Waals surface area contributed by atoms with E-state index < -0.39 is 0 Å². The molecule has 0 aliphatic rings. The number of hydrogen-bond donors (Lipinski definition) is 1. The minimum absolute atomic E-state index is 0.147. The van der Waals surface area contributed by atoms with Crippen LogP contribution in [0.25, 0.3) is 0 Å². The lowest BCUT2D eigenvalue weighted by Gasteiger charge is -2.09. The summed E-state index contributed by atoms with van der Waals surface area (Å²) in [6.07, 6.45) is 5.61. The second-order valence-corrected chi connectivity index (χ2v) is 4.18. The van der Waals surface area contributed by atoms with Gasteiger partial charge < -0.3 is 19.8 Å². The predicted molar refractivity (Wildman–Crippen MR) is 66.9 cm³/mol. The summed E-state index contributed by atoms with van der Waals surface area (Å²) in [5, 5.41) is 0. The summed E-state index contributed by atoms with van der Waals surface area (Å²) < 4.78 is 12.5. The maximum absolute atomic E-state index is 5.77. The molecule has 1 aromatic rings. The van der Waals surface area contributed by atoms with Crippen molar-refractivity contribution >= 4 is 0 Å². The van der Waals surface area contributed by atoms with E-state index in [0.29, 0.717) is 13.2 Å². The summed E-state index contributed by atoms with van der Waals surface area (Å²) in [7, 11) is 1.68. The monoisotopic (exact) mass is 241 g/mol. The number of hydrogen-bond acceptors (Lipinski definition) is 4. The summed E-state index contributed by atoms with van der Waals surface area (Å²) in [5.41, 5.74) is 5.77. The highest BCUT2D eigenvalue weighted by Gasteiger charge is 2.04. The first-order chi connectivity index (χ1) is 8.24. The van der Waals surface area contributed by atoms with Crippen molar-refractivity contribution in [1.82, 2.24) is 9.55 Å². The third kappa shape index (κ3) is 5.81. The van der Waals surface area contributed by atoms with Gasteiger partial charge in [-0.05, 0) is 13.3 Å². The van der Waals surface area contributed by atoms with Crippen LogP contribution in [-0.4, -0.2) is 42.5 Å². The number of nitrogens with two attached hydrogens (primary N) is 1. The molecule has 1 atom stereocenters. The minimum Gasteiger partial charge on any atom is -0.382 e. The smallest absolute Gasteiger partial charge is 0.110 e. The molecule has 1 unspecified atom stereocenters. The Morgan fingerprint density at radius 2 is 2.24 bits per heavy atom. The lowest BCUT2D eigenvalue weighted by molar-refractivity contribution is 0.0679. The molecule has 17 heavy (non-hydrogen) atoms. The Morgan fingerprint density at radius 3 is 2.94 bits per heavy atom. The lowest BCUT2D eigenvalue weighted by atomic mass is 10.2. The molecule has 0 bridgehead atoms. The van der Waals surface area contributed by atoms with Gasteiger partial charge >= 0.3 is 0 Å². The first-order valence-electron chi connectivity index (χ1n) is 6.06.